The molecule has 2 N–H and O–H groups in total. The zero-order valence-corrected chi connectivity index (χ0v) is 18.2. The Morgan fingerprint density at radius 3 is 2.50 bits per heavy atom. The zero-order chi connectivity index (χ0) is 22.7. The number of benzene rings is 2. The number of ether oxygens (including phenoxy) is 1. The average molecular weight is 428 g/mol. The second kappa shape index (κ2) is 8.93. The highest BCUT2D eigenvalue weighted by Gasteiger charge is 2.10. The van der Waals surface area contributed by atoms with Gasteiger partial charge in [-0.2, -0.15) is 0 Å². The van der Waals surface area contributed by atoms with E-state index < -0.39 is 0 Å². The van der Waals surface area contributed by atoms with Crippen molar-refractivity contribution in [3.8, 4) is 5.75 Å². The summed E-state index contributed by atoms with van der Waals surface area (Å²) in [6.07, 6.45) is 1.69. The fourth-order valence-electron chi connectivity index (χ4n) is 3.56. The van der Waals surface area contributed by atoms with Gasteiger partial charge in [0.25, 0.3) is 5.56 Å². The lowest BCUT2D eigenvalue weighted by atomic mass is 10.1. The van der Waals surface area contributed by atoms with Crippen molar-refractivity contribution in [3.05, 3.63) is 99.6 Å². The molecule has 32 heavy (non-hydrogen) atoms. The molecule has 0 spiro atoms. The molecule has 0 fully saturated rings. The first-order valence-electron chi connectivity index (χ1n) is 10.2. The highest BCUT2D eigenvalue weighted by molar-refractivity contribution is 6.00. The van der Waals surface area contributed by atoms with E-state index in [0.717, 1.165) is 22.4 Å². The first kappa shape index (κ1) is 21.1. The molecule has 0 aliphatic rings. The summed E-state index contributed by atoms with van der Waals surface area (Å²) in [5.41, 5.74) is 5.21. The van der Waals surface area contributed by atoms with Gasteiger partial charge in [-0.3, -0.25) is 9.20 Å². The number of nitrogens with zero attached hydrogens (tertiary/aromatic N) is 2. The molecule has 0 unspecified atom stereocenters. The van der Waals surface area contributed by atoms with E-state index in [-0.39, 0.29) is 18.2 Å². The number of carbonyl (C=O) groups is 1. The Hall–Kier alpha value is -4.13. The van der Waals surface area contributed by atoms with Crippen LogP contribution in [0, 0.1) is 20.8 Å². The molecule has 0 aliphatic heterocycles. The van der Waals surface area contributed by atoms with Gasteiger partial charge in [0.1, 0.15) is 18.0 Å². The molecule has 2 aromatic carbocycles. The van der Waals surface area contributed by atoms with Gasteiger partial charge >= 0.3 is 6.03 Å². The van der Waals surface area contributed by atoms with E-state index in [0.29, 0.717) is 22.8 Å². The number of carbonyl (C=O) groups excluding carboxylic acids is 1. The molecule has 0 aliphatic carbocycles. The lowest BCUT2D eigenvalue weighted by molar-refractivity contribution is 0.261. The smallest absolute Gasteiger partial charge is 0.323 e. The van der Waals surface area contributed by atoms with E-state index in [1.807, 2.05) is 63.2 Å². The van der Waals surface area contributed by atoms with Gasteiger partial charge in [0, 0.05) is 18.0 Å². The van der Waals surface area contributed by atoms with Crippen molar-refractivity contribution >= 4 is 23.1 Å². The van der Waals surface area contributed by atoms with Crippen molar-refractivity contribution in [2.45, 2.75) is 27.4 Å². The molecule has 2 aromatic heterocycles. The number of urea groups is 1. The number of aryl methyl sites for hydroxylation is 3. The van der Waals surface area contributed by atoms with Crippen molar-refractivity contribution in [3.63, 3.8) is 0 Å². The minimum absolute atomic E-state index is 0.0947. The fourth-order valence-corrected chi connectivity index (χ4v) is 3.56. The SMILES string of the molecule is Cc1cc(C)cc(NC(=O)Nc2ccccc2OCc2cc(=O)n3cccc(C)c3n2)c1. The van der Waals surface area contributed by atoms with E-state index in [1.165, 1.54) is 10.5 Å². The standard InChI is InChI=1S/C25H24N4O3/c1-16-11-17(2)13-19(12-16)27-25(31)28-21-8-4-5-9-22(21)32-15-20-14-23(30)29-10-6-7-18(3)24(29)26-20/h4-14H,15H2,1-3H3,(H2,27,28,31). The molecule has 7 heteroatoms. The van der Waals surface area contributed by atoms with Gasteiger partial charge in [0.15, 0.2) is 0 Å². The second-order valence-electron chi connectivity index (χ2n) is 7.71. The van der Waals surface area contributed by atoms with Gasteiger partial charge in [-0.1, -0.05) is 24.3 Å². The normalized spacial score (nSPS) is 10.7. The van der Waals surface area contributed by atoms with Crippen LogP contribution >= 0.6 is 0 Å². The number of rotatable bonds is 5. The van der Waals surface area contributed by atoms with Gasteiger partial charge in [0.05, 0.1) is 11.4 Å². The van der Waals surface area contributed by atoms with Crippen LogP contribution in [0.15, 0.2) is 71.7 Å². The quantitative estimate of drug-likeness (QED) is 0.476. The molecular formula is C25H24N4O3. The maximum Gasteiger partial charge on any atom is 0.323 e. The zero-order valence-electron chi connectivity index (χ0n) is 18.2. The summed E-state index contributed by atoms with van der Waals surface area (Å²) in [5, 5.41) is 5.67. The summed E-state index contributed by atoms with van der Waals surface area (Å²) in [5.74, 6) is 0.481. The Kier molecular flexibility index (Phi) is 5.89. The number of pyridine rings is 1. The number of hydrogen-bond donors (Lipinski definition) is 2. The minimum atomic E-state index is -0.372. The minimum Gasteiger partial charge on any atom is -0.485 e. The van der Waals surface area contributed by atoms with E-state index in [2.05, 4.69) is 15.6 Å². The molecule has 2 amide bonds. The van der Waals surface area contributed by atoms with E-state index in [9.17, 15) is 9.59 Å². The largest absolute Gasteiger partial charge is 0.485 e. The summed E-state index contributed by atoms with van der Waals surface area (Å²) >= 11 is 0. The summed E-state index contributed by atoms with van der Waals surface area (Å²) in [4.78, 5) is 29.5. The number of hydrogen-bond acceptors (Lipinski definition) is 4. The molecule has 2 heterocycles. The van der Waals surface area contributed by atoms with E-state index >= 15 is 0 Å². The summed E-state index contributed by atoms with van der Waals surface area (Å²) in [6.45, 7) is 5.96. The Balaban J connectivity index is 1.49. The van der Waals surface area contributed by atoms with Gasteiger partial charge in [0.2, 0.25) is 0 Å². The van der Waals surface area contributed by atoms with Crippen LogP contribution in [-0.2, 0) is 6.61 Å². The third-order valence-corrected chi connectivity index (χ3v) is 4.93. The second-order valence-corrected chi connectivity index (χ2v) is 7.71. The first-order chi connectivity index (χ1) is 15.4. The van der Waals surface area contributed by atoms with Crippen molar-refractivity contribution in [1.82, 2.24) is 9.38 Å². The number of amides is 2. The molecule has 0 saturated carbocycles. The van der Waals surface area contributed by atoms with E-state index in [1.54, 1.807) is 18.3 Å². The van der Waals surface area contributed by atoms with Gasteiger partial charge < -0.3 is 15.4 Å². The van der Waals surface area contributed by atoms with Gasteiger partial charge in [-0.05, 0) is 67.8 Å². The molecule has 0 atom stereocenters. The van der Waals surface area contributed by atoms with Crippen LogP contribution < -0.4 is 20.9 Å². The molecule has 4 aromatic rings. The predicted octanol–water partition coefficient (Wildman–Crippen LogP) is 4.84. The molecule has 162 valence electrons. The Morgan fingerprint density at radius 1 is 0.969 bits per heavy atom. The van der Waals surface area contributed by atoms with Crippen molar-refractivity contribution < 1.29 is 9.53 Å². The predicted molar refractivity (Wildman–Crippen MR) is 126 cm³/mol. The summed E-state index contributed by atoms with van der Waals surface area (Å²) in [6, 6.07) is 17.8. The van der Waals surface area contributed by atoms with Crippen LogP contribution in [0.25, 0.3) is 5.65 Å². The monoisotopic (exact) mass is 428 g/mol. The molecular weight excluding hydrogens is 404 g/mol. The molecule has 0 saturated heterocycles. The maximum absolute atomic E-state index is 12.5. The van der Waals surface area contributed by atoms with Crippen molar-refractivity contribution in [2.75, 3.05) is 10.6 Å². The number of anilines is 2. The van der Waals surface area contributed by atoms with Gasteiger partial charge in [-0.15, -0.1) is 0 Å². The highest BCUT2D eigenvalue weighted by atomic mass is 16.5. The molecule has 0 radical (unpaired) electrons. The topological polar surface area (TPSA) is 84.7 Å². The lowest BCUT2D eigenvalue weighted by Gasteiger charge is -2.14. The summed E-state index contributed by atoms with van der Waals surface area (Å²) in [7, 11) is 0. The molecule has 0 bridgehead atoms. The third kappa shape index (κ3) is 4.78. The van der Waals surface area contributed by atoms with Crippen LogP contribution in [0.5, 0.6) is 5.75 Å². The molecule has 4 rings (SSSR count). The van der Waals surface area contributed by atoms with Crippen LogP contribution in [0.3, 0.4) is 0 Å². The van der Waals surface area contributed by atoms with Crippen LogP contribution in [0.2, 0.25) is 0 Å². The Labute approximate surface area is 185 Å². The van der Waals surface area contributed by atoms with Crippen molar-refractivity contribution in [2.24, 2.45) is 0 Å². The Bertz CT molecular complexity index is 1340. The number of nitrogens with one attached hydrogen (secondary N) is 2. The highest BCUT2D eigenvalue weighted by Crippen LogP contribution is 2.25. The van der Waals surface area contributed by atoms with Gasteiger partial charge in [-0.25, -0.2) is 9.78 Å². The average Bonchev–Trinajstić information content (AvgIpc) is 2.73. The number of para-hydroxylation sites is 2. The van der Waals surface area contributed by atoms with Crippen LogP contribution in [0.4, 0.5) is 16.2 Å². The summed E-state index contributed by atoms with van der Waals surface area (Å²) < 4.78 is 7.41. The fraction of sp³-hybridized carbons (Fsp3) is 0.160. The number of fused-ring (bicyclic) bond motifs is 1. The number of aromatic nitrogens is 2. The molecule has 7 nitrogen and oxygen atoms in total. The Morgan fingerprint density at radius 2 is 1.72 bits per heavy atom. The van der Waals surface area contributed by atoms with E-state index in [4.69, 9.17) is 4.74 Å². The maximum atomic E-state index is 12.5. The van der Waals surface area contributed by atoms with Crippen LogP contribution in [0.1, 0.15) is 22.4 Å². The lowest BCUT2D eigenvalue weighted by Crippen LogP contribution is -2.20. The first-order valence-corrected chi connectivity index (χ1v) is 10.2. The third-order valence-electron chi connectivity index (χ3n) is 4.93. The van der Waals surface area contributed by atoms with Crippen LogP contribution in [-0.4, -0.2) is 15.4 Å². The van der Waals surface area contributed by atoms with Crippen molar-refractivity contribution in [1.29, 1.82) is 0 Å².